The third-order valence-electron chi connectivity index (χ3n) is 4.73. The Labute approximate surface area is 186 Å². The number of hydrogen-bond acceptors (Lipinski definition) is 5. The minimum Gasteiger partial charge on any atom is -0.353 e. The van der Waals surface area contributed by atoms with Crippen LogP contribution in [0.25, 0.3) is 16.7 Å². The van der Waals surface area contributed by atoms with Gasteiger partial charge in [0.15, 0.2) is 10.9 Å². The molecule has 4 rings (SSSR count). The molecule has 1 amide bonds. The van der Waals surface area contributed by atoms with Crippen LogP contribution in [0.5, 0.6) is 0 Å². The zero-order chi connectivity index (χ0) is 22.8. The van der Waals surface area contributed by atoms with Crippen LogP contribution < -0.4 is 10.9 Å². The molecule has 7 nitrogen and oxygen atoms in total. The lowest BCUT2D eigenvalue weighted by atomic mass is 10.1. The minimum absolute atomic E-state index is 0.0210. The number of benzene rings is 2. The second-order valence-electron chi connectivity index (χ2n) is 7.20. The molecule has 0 fully saturated rings. The number of nitrogens with one attached hydrogen (secondary N) is 2. The first-order valence-corrected chi connectivity index (χ1v) is 10.7. The number of rotatable bonds is 6. The Morgan fingerprint density at radius 3 is 2.62 bits per heavy atom. The number of aromatic nitrogens is 3. The van der Waals surface area contributed by atoms with Gasteiger partial charge in [0.05, 0.1) is 17.0 Å². The van der Waals surface area contributed by atoms with Crippen molar-refractivity contribution >= 4 is 40.2 Å². The number of anilines is 1. The topological polar surface area (TPSA) is 96.8 Å². The Hall–Kier alpha value is -3.72. The summed E-state index contributed by atoms with van der Waals surface area (Å²) in [7, 11) is 0. The summed E-state index contributed by atoms with van der Waals surface area (Å²) in [5.74, 6) is -0.862. The van der Waals surface area contributed by atoms with Gasteiger partial charge >= 0.3 is 0 Å². The van der Waals surface area contributed by atoms with Crippen LogP contribution in [0.4, 0.5) is 10.1 Å². The summed E-state index contributed by atoms with van der Waals surface area (Å²) in [6, 6.07) is 13.9. The van der Waals surface area contributed by atoms with Gasteiger partial charge in [-0.25, -0.2) is 9.37 Å². The van der Waals surface area contributed by atoms with Gasteiger partial charge in [-0.15, -0.1) is 0 Å². The van der Waals surface area contributed by atoms with Crippen molar-refractivity contribution in [2.24, 2.45) is 0 Å². The quantitative estimate of drug-likeness (QED) is 0.262. The van der Waals surface area contributed by atoms with E-state index in [2.05, 4.69) is 15.3 Å². The summed E-state index contributed by atoms with van der Waals surface area (Å²) in [5.41, 5.74) is 2.70. The predicted molar refractivity (Wildman–Crippen MR) is 122 cm³/mol. The van der Waals surface area contributed by atoms with Gasteiger partial charge in [-0.05, 0) is 56.3 Å². The number of halogens is 1. The Morgan fingerprint density at radius 2 is 1.91 bits per heavy atom. The molecule has 2 aromatic carbocycles. The first kappa shape index (κ1) is 21.5. The average Bonchev–Trinajstić information content (AvgIpc) is 3.14. The van der Waals surface area contributed by atoms with Crippen LogP contribution in [0.15, 0.2) is 64.5 Å². The third kappa shape index (κ3) is 4.47. The van der Waals surface area contributed by atoms with Gasteiger partial charge in [-0.1, -0.05) is 23.9 Å². The third-order valence-corrected chi connectivity index (χ3v) is 5.66. The smallest absolute Gasteiger partial charge is 0.283 e. The highest BCUT2D eigenvalue weighted by Gasteiger charge is 2.16. The van der Waals surface area contributed by atoms with Crippen molar-refractivity contribution < 1.29 is 14.0 Å². The van der Waals surface area contributed by atoms with E-state index < -0.39 is 5.82 Å². The van der Waals surface area contributed by atoms with Gasteiger partial charge in [0.25, 0.3) is 5.56 Å². The van der Waals surface area contributed by atoms with E-state index in [0.717, 1.165) is 17.5 Å². The van der Waals surface area contributed by atoms with Crippen LogP contribution in [0.3, 0.4) is 0 Å². The molecule has 0 atom stereocenters. The maximum atomic E-state index is 13.4. The van der Waals surface area contributed by atoms with E-state index in [1.165, 1.54) is 35.8 Å². The van der Waals surface area contributed by atoms with Crippen LogP contribution in [0.1, 0.15) is 23.0 Å². The molecule has 0 aliphatic rings. The molecule has 162 valence electrons. The van der Waals surface area contributed by atoms with Crippen molar-refractivity contribution in [3.8, 4) is 5.69 Å². The number of ketones is 1. The van der Waals surface area contributed by atoms with E-state index in [0.29, 0.717) is 33.1 Å². The zero-order valence-electron chi connectivity index (χ0n) is 17.3. The summed E-state index contributed by atoms with van der Waals surface area (Å²) >= 11 is 1.09. The first-order valence-electron chi connectivity index (χ1n) is 9.74. The van der Waals surface area contributed by atoms with E-state index in [9.17, 15) is 18.8 Å². The van der Waals surface area contributed by atoms with Gasteiger partial charge in [0.1, 0.15) is 11.3 Å². The number of thioether (sulfide) groups is 1. The summed E-state index contributed by atoms with van der Waals surface area (Å²) in [6.45, 7) is 3.27. The highest BCUT2D eigenvalue weighted by Crippen LogP contribution is 2.22. The van der Waals surface area contributed by atoms with Crippen molar-refractivity contribution in [3.05, 3.63) is 82.0 Å². The molecule has 2 aromatic heterocycles. The lowest BCUT2D eigenvalue weighted by molar-refractivity contribution is -0.113. The zero-order valence-corrected chi connectivity index (χ0v) is 18.1. The lowest BCUT2D eigenvalue weighted by Crippen LogP contribution is -2.23. The molecule has 0 saturated heterocycles. The van der Waals surface area contributed by atoms with Crippen molar-refractivity contribution in [1.29, 1.82) is 0 Å². The van der Waals surface area contributed by atoms with Gasteiger partial charge in [-0.2, -0.15) is 0 Å². The van der Waals surface area contributed by atoms with Crippen LogP contribution >= 0.6 is 11.8 Å². The van der Waals surface area contributed by atoms with Crippen LogP contribution in [0, 0.1) is 12.7 Å². The Kier molecular flexibility index (Phi) is 5.91. The van der Waals surface area contributed by atoms with Gasteiger partial charge in [-0.3, -0.25) is 19.0 Å². The molecule has 0 unspecified atom stereocenters. The molecular weight excluding hydrogens is 431 g/mol. The Morgan fingerprint density at radius 1 is 1.16 bits per heavy atom. The Balaban J connectivity index is 1.63. The number of aromatic amines is 1. The lowest BCUT2D eigenvalue weighted by Gasteiger charge is -2.12. The highest BCUT2D eigenvalue weighted by molar-refractivity contribution is 7.99. The average molecular weight is 450 g/mol. The molecule has 0 saturated carbocycles. The van der Waals surface area contributed by atoms with Crippen molar-refractivity contribution in [2.75, 3.05) is 11.1 Å². The predicted octanol–water partition coefficient (Wildman–Crippen LogP) is 4.09. The number of nitrogens with zero attached hydrogens (tertiary/aromatic N) is 2. The molecule has 2 N–H and O–H groups in total. The molecule has 0 aliphatic heterocycles. The summed E-state index contributed by atoms with van der Waals surface area (Å²) < 4.78 is 14.8. The molecule has 9 heteroatoms. The summed E-state index contributed by atoms with van der Waals surface area (Å²) in [6.07, 6.45) is 0. The van der Waals surface area contributed by atoms with E-state index in [1.807, 2.05) is 6.92 Å². The number of hydrogen-bond donors (Lipinski definition) is 2. The van der Waals surface area contributed by atoms with Crippen LogP contribution in [-0.2, 0) is 4.79 Å². The molecular formula is C23H19FN4O3S. The molecule has 32 heavy (non-hydrogen) atoms. The van der Waals surface area contributed by atoms with Crippen molar-refractivity contribution in [3.63, 3.8) is 0 Å². The van der Waals surface area contributed by atoms with Crippen molar-refractivity contribution in [1.82, 2.24) is 14.5 Å². The van der Waals surface area contributed by atoms with E-state index in [-0.39, 0.29) is 23.0 Å². The van der Waals surface area contributed by atoms with E-state index in [4.69, 9.17) is 0 Å². The number of fused-ring (bicyclic) bond motifs is 1. The monoisotopic (exact) mass is 450 g/mol. The van der Waals surface area contributed by atoms with Crippen LogP contribution in [0.2, 0.25) is 0 Å². The standard InChI is InChI=1S/C23H19FN4O3S/c1-13-10-19-21(25-13)22(31)28(18-8-6-16(24)7-9-18)23(27-19)32-12-20(30)26-17-5-3-4-15(11-17)14(2)29/h3-11,25H,12H2,1-2H3,(H,26,30). The minimum atomic E-state index is -0.423. The van der Waals surface area contributed by atoms with Gasteiger partial charge in [0.2, 0.25) is 5.91 Å². The Bertz CT molecular complexity index is 1390. The number of aryl methyl sites for hydroxylation is 1. The number of carbonyl (C=O) groups excluding carboxylic acids is 2. The fraction of sp³-hybridized carbons (Fsp3) is 0.130. The highest BCUT2D eigenvalue weighted by atomic mass is 32.2. The number of carbonyl (C=O) groups is 2. The maximum absolute atomic E-state index is 13.4. The fourth-order valence-corrected chi connectivity index (χ4v) is 4.05. The van der Waals surface area contributed by atoms with Crippen molar-refractivity contribution in [2.45, 2.75) is 19.0 Å². The first-order chi connectivity index (χ1) is 15.3. The second-order valence-corrected chi connectivity index (χ2v) is 8.14. The van der Waals surface area contributed by atoms with E-state index in [1.54, 1.807) is 30.3 Å². The molecule has 0 spiro atoms. The number of Topliss-reactive ketones (excluding diaryl/α,β-unsaturated/α-hetero) is 1. The molecule has 0 radical (unpaired) electrons. The maximum Gasteiger partial charge on any atom is 0.283 e. The molecule has 4 aromatic rings. The number of H-pyrrole nitrogens is 1. The summed E-state index contributed by atoms with van der Waals surface area (Å²) in [5, 5.41) is 3.05. The van der Waals surface area contributed by atoms with Gasteiger partial charge in [0, 0.05) is 16.9 Å². The van der Waals surface area contributed by atoms with Gasteiger partial charge < -0.3 is 10.3 Å². The number of amides is 1. The normalized spacial score (nSPS) is 11.0. The largest absolute Gasteiger partial charge is 0.353 e. The molecule has 0 bridgehead atoms. The molecule has 0 aliphatic carbocycles. The molecule has 2 heterocycles. The second kappa shape index (κ2) is 8.80. The van der Waals surface area contributed by atoms with Crippen LogP contribution in [-0.4, -0.2) is 32.0 Å². The fourth-order valence-electron chi connectivity index (χ4n) is 3.24. The summed E-state index contributed by atoms with van der Waals surface area (Å²) in [4.78, 5) is 44.8. The van der Waals surface area contributed by atoms with E-state index >= 15 is 0 Å². The SMILES string of the molecule is CC(=O)c1cccc(NC(=O)CSc2nc3cc(C)[nH]c3c(=O)n2-c2ccc(F)cc2)c1.